The Kier molecular flexibility index (Phi) is 3.18. The van der Waals surface area contributed by atoms with Crippen molar-refractivity contribution in [3.63, 3.8) is 0 Å². The van der Waals surface area contributed by atoms with E-state index >= 15 is 0 Å². The van der Waals surface area contributed by atoms with E-state index in [2.05, 4.69) is 4.98 Å². The molecule has 0 saturated carbocycles. The van der Waals surface area contributed by atoms with Crippen LogP contribution in [0.2, 0.25) is 0 Å². The SMILES string of the molecule is Nc1ccnc(C(O)C(O)CO)c1. The van der Waals surface area contributed by atoms with Crippen LogP contribution >= 0.6 is 0 Å². The van der Waals surface area contributed by atoms with Crippen molar-refractivity contribution in [2.45, 2.75) is 12.2 Å². The summed E-state index contributed by atoms with van der Waals surface area (Å²) in [7, 11) is 0. The number of rotatable bonds is 3. The van der Waals surface area contributed by atoms with Crippen LogP contribution in [0.1, 0.15) is 11.8 Å². The quantitative estimate of drug-likeness (QED) is 0.485. The predicted octanol–water partition coefficient (Wildman–Crippen LogP) is -0.950. The highest BCUT2D eigenvalue weighted by molar-refractivity contribution is 5.37. The summed E-state index contributed by atoms with van der Waals surface area (Å²) in [6.07, 6.45) is -0.999. The van der Waals surface area contributed by atoms with Crippen LogP contribution < -0.4 is 5.73 Å². The van der Waals surface area contributed by atoms with E-state index in [1.54, 1.807) is 6.07 Å². The van der Waals surface area contributed by atoms with Crippen LogP contribution in [0.15, 0.2) is 18.3 Å². The first-order valence-corrected chi connectivity index (χ1v) is 3.83. The summed E-state index contributed by atoms with van der Waals surface area (Å²) in [5.74, 6) is 0. The highest BCUT2D eigenvalue weighted by atomic mass is 16.4. The molecule has 0 aromatic carbocycles. The van der Waals surface area contributed by atoms with Gasteiger partial charge in [0.1, 0.15) is 12.2 Å². The molecule has 0 aliphatic heterocycles. The van der Waals surface area contributed by atoms with Gasteiger partial charge in [0, 0.05) is 11.9 Å². The Bertz CT molecular complexity index is 280. The van der Waals surface area contributed by atoms with E-state index in [9.17, 15) is 5.11 Å². The van der Waals surface area contributed by atoms with Crippen LogP contribution in [0.4, 0.5) is 5.69 Å². The number of nitrogens with two attached hydrogens (primary N) is 1. The maximum absolute atomic E-state index is 9.39. The van der Waals surface area contributed by atoms with E-state index in [-0.39, 0.29) is 5.69 Å². The summed E-state index contributed by atoms with van der Waals surface area (Å²) in [5, 5.41) is 27.0. The Hall–Kier alpha value is -1.17. The van der Waals surface area contributed by atoms with Crippen molar-refractivity contribution in [3.8, 4) is 0 Å². The van der Waals surface area contributed by atoms with Gasteiger partial charge >= 0.3 is 0 Å². The topological polar surface area (TPSA) is 99.6 Å². The summed E-state index contributed by atoms with van der Waals surface area (Å²) in [4.78, 5) is 3.81. The Balaban J connectivity index is 2.82. The van der Waals surface area contributed by atoms with Gasteiger partial charge in [0.15, 0.2) is 0 Å². The average Bonchev–Trinajstić information content (AvgIpc) is 2.15. The zero-order valence-corrected chi connectivity index (χ0v) is 6.96. The Morgan fingerprint density at radius 3 is 2.69 bits per heavy atom. The molecule has 0 aliphatic carbocycles. The summed E-state index contributed by atoms with van der Waals surface area (Å²) in [6, 6.07) is 3.02. The first-order valence-electron chi connectivity index (χ1n) is 3.83. The molecule has 13 heavy (non-hydrogen) atoms. The van der Waals surface area contributed by atoms with Gasteiger partial charge in [-0.15, -0.1) is 0 Å². The van der Waals surface area contributed by atoms with Gasteiger partial charge in [0.25, 0.3) is 0 Å². The van der Waals surface area contributed by atoms with Crippen LogP contribution in [0.25, 0.3) is 0 Å². The summed E-state index contributed by atoms with van der Waals surface area (Å²) in [5.41, 5.74) is 6.15. The van der Waals surface area contributed by atoms with E-state index < -0.39 is 18.8 Å². The monoisotopic (exact) mass is 184 g/mol. The molecule has 72 valence electrons. The maximum atomic E-state index is 9.39. The van der Waals surface area contributed by atoms with Crippen molar-refractivity contribution >= 4 is 5.69 Å². The van der Waals surface area contributed by atoms with Crippen molar-refractivity contribution < 1.29 is 15.3 Å². The Labute approximate surface area is 75.5 Å². The number of aliphatic hydroxyl groups excluding tert-OH is 3. The molecule has 0 saturated heterocycles. The van der Waals surface area contributed by atoms with Crippen molar-refractivity contribution in [1.82, 2.24) is 4.98 Å². The molecule has 0 amide bonds. The normalized spacial score (nSPS) is 15.3. The molecular formula is C8H12N2O3. The molecule has 1 aromatic heterocycles. The summed E-state index contributed by atoms with van der Waals surface area (Å²) >= 11 is 0. The molecule has 0 bridgehead atoms. The molecule has 0 radical (unpaired) electrons. The second-order valence-corrected chi connectivity index (χ2v) is 2.71. The number of hydrogen-bond donors (Lipinski definition) is 4. The number of hydrogen-bond acceptors (Lipinski definition) is 5. The fourth-order valence-electron chi connectivity index (χ4n) is 0.924. The van der Waals surface area contributed by atoms with Gasteiger partial charge in [0.2, 0.25) is 0 Å². The van der Waals surface area contributed by atoms with Gasteiger partial charge in [-0.25, -0.2) is 0 Å². The minimum atomic E-state index is -1.23. The van der Waals surface area contributed by atoms with E-state index in [1.165, 1.54) is 12.3 Å². The fourth-order valence-corrected chi connectivity index (χ4v) is 0.924. The molecule has 1 rings (SSSR count). The van der Waals surface area contributed by atoms with Gasteiger partial charge < -0.3 is 21.1 Å². The molecule has 5 nitrogen and oxygen atoms in total. The molecule has 0 aliphatic rings. The molecule has 0 fully saturated rings. The summed E-state index contributed by atoms with van der Waals surface area (Å²) < 4.78 is 0. The first kappa shape index (κ1) is 9.91. The molecular weight excluding hydrogens is 172 g/mol. The van der Waals surface area contributed by atoms with Gasteiger partial charge in [-0.1, -0.05) is 0 Å². The van der Waals surface area contributed by atoms with Crippen LogP contribution in [0.3, 0.4) is 0 Å². The number of anilines is 1. The van der Waals surface area contributed by atoms with Gasteiger partial charge in [-0.3, -0.25) is 4.98 Å². The van der Waals surface area contributed by atoms with E-state index in [1.807, 2.05) is 0 Å². The van der Waals surface area contributed by atoms with E-state index in [0.29, 0.717) is 5.69 Å². The van der Waals surface area contributed by atoms with Gasteiger partial charge in [-0.05, 0) is 12.1 Å². The average molecular weight is 184 g/mol. The number of aromatic nitrogens is 1. The largest absolute Gasteiger partial charge is 0.399 e. The van der Waals surface area contributed by atoms with Crippen LogP contribution in [0, 0.1) is 0 Å². The zero-order valence-electron chi connectivity index (χ0n) is 6.96. The van der Waals surface area contributed by atoms with Gasteiger partial charge in [0.05, 0.1) is 12.3 Å². The van der Waals surface area contributed by atoms with Crippen molar-refractivity contribution in [3.05, 3.63) is 24.0 Å². The minimum absolute atomic E-state index is 0.251. The second kappa shape index (κ2) is 4.18. The fraction of sp³-hybridized carbons (Fsp3) is 0.375. The van der Waals surface area contributed by atoms with Crippen molar-refractivity contribution in [1.29, 1.82) is 0 Å². The number of pyridine rings is 1. The van der Waals surface area contributed by atoms with Crippen LogP contribution in [-0.2, 0) is 0 Å². The predicted molar refractivity (Wildman–Crippen MR) is 46.7 cm³/mol. The first-order chi connectivity index (χ1) is 6.15. The Morgan fingerprint density at radius 2 is 2.15 bits per heavy atom. The lowest BCUT2D eigenvalue weighted by molar-refractivity contribution is -0.0172. The standard InChI is InChI=1S/C8H12N2O3/c9-5-1-2-10-6(3-5)8(13)7(12)4-11/h1-3,7-8,11-13H,4H2,(H2,9,10). The number of nitrogen functional groups attached to an aromatic ring is 1. The molecule has 1 aromatic rings. The molecule has 2 unspecified atom stereocenters. The third kappa shape index (κ3) is 2.38. The molecule has 1 heterocycles. The lowest BCUT2D eigenvalue weighted by atomic mass is 10.1. The second-order valence-electron chi connectivity index (χ2n) is 2.71. The number of nitrogens with zero attached hydrogens (tertiary/aromatic N) is 1. The summed E-state index contributed by atoms with van der Waals surface area (Å²) in [6.45, 7) is -0.516. The van der Waals surface area contributed by atoms with E-state index in [4.69, 9.17) is 15.9 Å². The third-order valence-corrected chi connectivity index (χ3v) is 1.66. The minimum Gasteiger partial charge on any atom is -0.399 e. The smallest absolute Gasteiger partial charge is 0.124 e. The zero-order chi connectivity index (χ0) is 9.84. The highest BCUT2D eigenvalue weighted by Gasteiger charge is 2.18. The lowest BCUT2D eigenvalue weighted by Crippen LogP contribution is -2.22. The van der Waals surface area contributed by atoms with E-state index in [0.717, 1.165) is 0 Å². The van der Waals surface area contributed by atoms with Crippen LogP contribution in [-0.4, -0.2) is 33.0 Å². The molecule has 2 atom stereocenters. The number of aliphatic hydroxyl groups is 3. The highest BCUT2D eigenvalue weighted by Crippen LogP contribution is 2.15. The molecule has 5 N–H and O–H groups in total. The van der Waals surface area contributed by atoms with Crippen molar-refractivity contribution in [2.24, 2.45) is 0 Å². The molecule has 5 heteroatoms. The lowest BCUT2D eigenvalue weighted by Gasteiger charge is -2.14. The molecule has 0 spiro atoms. The van der Waals surface area contributed by atoms with Crippen LogP contribution in [0.5, 0.6) is 0 Å². The third-order valence-electron chi connectivity index (χ3n) is 1.66. The van der Waals surface area contributed by atoms with Crippen molar-refractivity contribution in [2.75, 3.05) is 12.3 Å². The maximum Gasteiger partial charge on any atom is 0.124 e. The Morgan fingerprint density at radius 1 is 1.46 bits per heavy atom. The van der Waals surface area contributed by atoms with Gasteiger partial charge in [-0.2, -0.15) is 0 Å².